The van der Waals surface area contributed by atoms with E-state index in [9.17, 15) is 0 Å². The normalized spacial score (nSPS) is 11.6. The van der Waals surface area contributed by atoms with Crippen molar-refractivity contribution >= 4 is 31.9 Å². The van der Waals surface area contributed by atoms with E-state index in [1.807, 2.05) is 43.3 Å². The maximum Gasteiger partial charge on any atom is 0.146 e. The van der Waals surface area contributed by atoms with Crippen LogP contribution in [0.2, 0.25) is 0 Å². The largest absolute Gasteiger partial charge is 0.396 e. The Bertz CT molecular complexity index is 605. The molecule has 25 heavy (non-hydrogen) atoms. The highest BCUT2D eigenvalue weighted by Crippen LogP contribution is 2.18. The molecular formula is C20H26Br2O3. The quantitative estimate of drug-likeness (QED) is 0.523. The molecule has 0 aromatic heterocycles. The second-order valence-corrected chi connectivity index (χ2v) is 7.31. The zero-order valence-electron chi connectivity index (χ0n) is 14.8. The van der Waals surface area contributed by atoms with E-state index in [0.717, 1.165) is 28.2 Å². The number of benzene rings is 2. The smallest absolute Gasteiger partial charge is 0.146 e. The van der Waals surface area contributed by atoms with Gasteiger partial charge in [0.15, 0.2) is 0 Å². The molecule has 0 bridgehead atoms. The molecule has 0 fully saturated rings. The number of methoxy groups -OCH3 is 1. The van der Waals surface area contributed by atoms with Crippen molar-refractivity contribution in [3.05, 3.63) is 68.6 Å². The molecule has 0 saturated heterocycles. The summed E-state index contributed by atoms with van der Waals surface area (Å²) in [6, 6.07) is 16.3. The van der Waals surface area contributed by atoms with E-state index in [-0.39, 0.29) is 12.7 Å². The minimum atomic E-state index is 0.175. The van der Waals surface area contributed by atoms with Crippen molar-refractivity contribution in [2.45, 2.75) is 32.3 Å². The molecule has 0 saturated carbocycles. The summed E-state index contributed by atoms with van der Waals surface area (Å²) in [6.07, 6.45) is 2.85. The molecule has 0 aliphatic carbocycles. The van der Waals surface area contributed by atoms with Gasteiger partial charge in [0.2, 0.25) is 0 Å². The van der Waals surface area contributed by atoms with Crippen LogP contribution in [0.5, 0.6) is 0 Å². The highest BCUT2D eigenvalue weighted by Gasteiger charge is 2.05. The highest BCUT2D eigenvalue weighted by atomic mass is 79.9. The fraction of sp³-hybridized carbons (Fsp3) is 0.400. The Balaban J connectivity index is 0.000000257. The van der Waals surface area contributed by atoms with Crippen LogP contribution in [0.1, 0.15) is 24.5 Å². The van der Waals surface area contributed by atoms with Crippen LogP contribution in [0.25, 0.3) is 0 Å². The molecule has 1 N–H and O–H groups in total. The predicted octanol–water partition coefficient (Wildman–Crippen LogP) is 5.37. The zero-order chi connectivity index (χ0) is 18.5. The third-order valence-electron chi connectivity index (χ3n) is 3.50. The lowest BCUT2D eigenvalue weighted by Crippen LogP contribution is -2.13. The van der Waals surface area contributed by atoms with Crippen LogP contribution < -0.4 is 0 Å². The number of aliphatic hydroxyl groups is 1. The number of rotatable bonds is 8. The number of hydrogen-bond donors (Lipinski definition) is 1. The Morgan fingerprint density at radius 2 is 1.52 bits per heavy atom. The maximum absolute atomic E-state index is 8.60. The Labute approximate surface area is 167 Å². The molecule has 0 aliphatic rings. The van der Waals surface area contributed by atoms with Crippen molar-refractivity contribution in [1.29, 1.82) is 0 Å². The molecule has 2 rings (SSSR count). The summed E-state index contributed by atoms with van der Waals surface area (Å²) in [5.74, 6) is 0. The lowest BCUT2D eigenvalue weighted by Gasteiger charge is -2.13. The summed E-state index contributed by atoms with van der Waals surface area (Å²) in [5, 5.41) is 8.60. The third-order valence-corrected chi connectivity index (χ3v) is 5.04. The maximum atomic E-state index is 8.60. The lowest BCUT2D eigenvalue weighted by molar-refractivity contribution is -0.0646. The summed E-state index contributed by atoms with van der Waals surface area (Å²) in [4.78, 5) is 0. The number of hydrogen-bond acceptors (Lipinski definition) is 3. The summed E-state index contributed by atoms with van der Waals surface area (Å²) in [6.45, 7) is 2.66. The van der Waals surface area contributed by atoms with Gasteiger partial charge in [0.1, 0.15) is 6.79 Å². The van der Waals surface area contributed by atoms with Gasteiger partial charge >= 0.3 is 0 Å². The summed E-state index contributed by atoms with van der Waals surface area (Å²) < 4.78 is 12.5. The molecule has 1 unspecified atom stereocenters. The highest BCUT2D eigenvalue weighted by molar-refractivity contribution is 9.10. The third kappa shape index (κ3) is 9.52. The van der Waals surface area contributed by atoms with Gasteiger partial charge in [0.05, 0.1) is 6.10 Å². The molecule has 0 aliphatic heterocycles. The van der Waals surface area contributed by atoms with Crippen molar-refractivity contribution in [3.8, 4) is 0 Å². The van der Waals surface area contributed by atoms with Crippen LogP contribution in [0.3, 0.4) is 0 Å². The van der Waals surface area contributed by atoms with E-state index in [1.54, 1.807) is 7.11 Å². The molecule has 5 heteroatoms. The molecule has 138 valence electrons. The number of halogens is 2. The summed E-state index contributed by atoms with van der Waals surface area (Å²) in [5.41, 5.74) is 2.53. The minimum absolute atomic E-state index is 0.175. The van der Waals surface area contributed by atoms with E-state index < -0.39 is 0 Å². The first-order valence-corrected chi connectivity index (χ1v) is 9.85. The Hall–Kier alpha value is -0.720. The van der Waals surface area contributed by atoms with E-state index >= 15 is 0 Å². The molecule has 0 amide bonds. The van der Waals surface area contributed by atoms with Crippen LogP contribution in [0, 0.1) is 0 Å². The van der Waals surface area contributed by atoms with Crippen molar-refractivity contribution in [1.82, 2.24) is 0 Å². The van der Waals surface area contributed by atoms with Gasteiger partial charge in [-0.25, -0.2) is 0 Å². The topological polar surface area (TPSA) is 38.7 Å². The van der Waals surface area contributed by atoms with Crippen molar-refractivity contribution in [2.24, 2.45) is 0 Å². The molecule has 0 radical (unpaired) electrons. The predicted molar refractivity (Wildman–Crippen MR) is 110 cm³/mol. The van der Waals surface area contributed by atoms with Crippen LogP contribution in [0.4, 0.5) is 0 Å². The molecule has 2 aromatic rings. The van der Waals surface area contributed by atoms with E-state index in [0.29, 0.717) is 6.79 Å². The molecule has 1 atom stereocenters. The number of ether oxygens (including phenoxy) is 2. The number of aliphatic hydroxyl groups excluding tert-OH is 1. The van der Waals surface area contributed by atoms with E-state index in [2.05, 4.69) is 44.0 Å². The molecule has 2 aromatic carbocycles. The first kappa shape index (κ1) is 22.3. The minimum Gasteiger partial charge on any atom is -0.396 e. The van der Waals surface area contributed by atoms with E-state index in [4.69, 9.17) is 14.6 Å². The van der Waals surface area contributed by atoms with Gasteiger partial charge in [0, 0.05) is 22.7 Å². The molecule has 0 heterocycles. The first-order chi connectivity index (χ1) is 12.1. The summed E-state index contributed by atoms with van der Waals surface area (Å²) in [7, 11) is 1.63. The zero-order valence-corrected chi connectivity index (χ0v) is 17.9. The molecule has 3 nitrogen and oxygen atoms in total. The van der Waals surface area contributed by atoms with Crippen molar-refractivity contribution < 1.29 is 14.6 Å². The Morgan fingerprint density at radius 3 is 2.04 bits per heavy atom. The fourth-order valence-corrected chi connectivity index (χ4v) is 3.12. The Morgan fingerprint density at radius 1 is 0.960 bits per heavy atom. The standard InChI is InChI=1S/C11H15BrO2.C9H11BrO/c1-9(14-8-13-2)7-10-5-3-4-6-11(10)12;10-9-6-2-1-4-8(9)5-3-7-11/h3-6,9H,7-8H2,1-2H3;1-2,4,6,11H,3,5,7H2. The van der Waals surface area contributed by atoms with Crippen LogP contribution in [0.15, 0.2) is 57.5 Å². The fourth-order valence-electron chi connectivity index (χ4n) is 2.19. The monoisotopic (exact) mass is 472 g/mol. The molecular weight excluding hydrogens is 448 g/mol. The van der Waals surface area contributed by atoms with Gasteiger partial charge in [-0.05, 0) is 49.4 Å². The second kappa shape index (κ2) is 13.5. The first-order valence-electron chi connectivity index (χ1n) is 8.26. The van der Waals surface area contributed by atoms with Gasteiger partial charge in [-0.2, -0.15) is 0 Å². The van der Waals surface area contributed by atoms with Gasteiger partial charge in [-0.3, -0.25) is 0 Å². The number of aryl methyl sites for hydroxylation is 1. The van der Waals surface area contributed by atoms with Crippen molar-refractivity contribution in [2.75, 3.05) is 20.5 Å². The average molecular weight is 474 g/mol. The van der Waals surface area contributed by atoms with Crippen molar-refractivity contribution in [3.63, 3.8) is 0 Å². The second-order valence-electron chi connectivity index (χ2n) is 5.60. The summed E-state index contributed by atoms with van der Waals surface area (Å²) >= 11 is 6.95. The molecule has 0 spiro atoms. The van der Waals surface area contributed by atoms with Gasteiger partial charge in [-0.15, -0.1) is 0 Å². The van der Waals surface area contributed by atoms with Crippen LogP contribution in [-0.4, -0.2) is 31.7 Å². The lowest BCUT2D eigenvalue weighted by atomic mass is 10.1. The SMILES string of the molecule is COCOC(C)Cc1ccccc1Br.OCCCc1ccccc1Br. The van der Waals surface area contributed by atoms with E-state index in [1.165, 1.54) is 11.1 Å². The average Bonchev–Trinajstić information content (AvgIpc) is 2.62. The van der Waals surface area contributed by atoms with Gasteiger partial charge in [0.25, 0.3) is 0 Å². The van der Waals surface area contributed by atoms with Gasteiger partial charge in [-0.1, -0.05) is 68.3 Å². The Kier molecular flexibility index (Phi) is 12.0. The van der Waals surface area contributed by atoms with Crippen LogP contribution in [-0.2, 0) is 22.3 Å². The van der Waals surface area contributed by atoms with Crippen LogP contribution >= 0.6 is 31.9 Å². The van der Waals surface area contributed by atoms with Gasteiger partial charge < -0.3 is 14.6 Å².